The van der Waals surface area contributed by atoms with Crippen LogP contribution in [0.4, 0.5) is 5.95 Å². The van der Waals surface area contributed by atoms with Gasteiger partial charge in [-0.1, -0.05) is 30.3 Å². The summed E-state index contributed by atoms with van der Waals surface area (Å²) >= 11 is 0. The number of rotatable bonds is 3. The van der Waals surface area contributed by atoms with Gasteiger partial charge in [-0.25, -0.2) is 12.9 Å². The quantitative estimate of drug-likeness (QED) is 0.559. The number of hydrogen-bond donors (Lipinski definition) is 1. The molecule has 9 heteroatoms. The number of anilines is 1. The highest BCUT2D eigenvalue weighted by atomic mass is 32.2. The summed E-state index contributed by atoms with van der Waals surface area (Å²) in [5, 5.41) is 4.19. The van der Waals surface area contributed by atoms with Gasteiger partial charge in [0, 0.05) is 31.0 Å². The molecule has 0 spiro atoms. The van der Waals surface area contributed by atoms with E-state index in [0.717, 1.165) is 5.56 Å². The zero-order valence-corrected chi connectivity index (χ0v) is 16.2. The molecule has 5 rings (SSSR count). The Kier molecular flexibility index (Phi) is 4.07. The molecule has 1 aromatic carbocycles. The zero-order chi connectivity index (χ0) is 20.0. The highest BCUT2D eigenvalue weighted by molar-refractivity contribution is 7.89. The molecule has 3 aromatic heterocycles. The van der Waals surface area contributed by atoms with E-state index in [2.05, 4.69) is 15.1 Å². The number of pyridine rings is 2. The highest BCUT2D eigenvalue weighted by Crippen LogP contribution is 2.27. The first-order chi connectivity index (χ1) is 14.0. The first-order valence-corrected chi connectivity index (χ1v) is 10.6. The Bertz CT molecular complexity index is 1330. The second-order valence-corrected chi connectivity index (χ2v) is 8.86. The average molecular weight is 406 g/mol. The van der Waals surface area contributed by atoms with Crippen molar-refractivity contribution >= 4 is 21.6 Å². The molecule has 0 amide bonds. The molecule has 0 saturated heterocycles. The standard InChI is InChI=1S/C20H18N6O2S/c21-20-23-19-7-3-6-18(26(19)24-20)16-10-17(12-22-11-16)29(27,28)25-9-8-14-4-1-2-5-15(14)13-25/h1-7,10-12H,8-9,13H2,(H2,21,24). The number of nitrogen functional groups attached to an aromatic ring is 1. The molecule has 4 aromatic rings. The number of benzene rings is 1. The van der Waals surface area contributed by atoms with Crippen LogP contribution < -0.4 is 5.73 Å². The fourth-order valence-corrected chi connectivity index (χ4v) is 5.07. The number of hydrogen-bond acceptors (Lipinski definition) is 6. The largest absolute Gasteiger partial charge is 0.366 e. The van der Waals surface area contributed by atoms with Crippen LogP contribution in [0.2, 0.25) is 0 Å². The summed E-state index contributed by atoms with van der Waals surface area (Å²) in [7, 11) is -3.68. The first kappa shape index (κ1) is 17.8. The molecular weight excluding hydrogens is 388 g/mol. The van der Waals surface area contributed by atoms with Gasteiger partial charge in [-0.15, -0.1) is 5.10 Å². The molecule has 1 aliphatic heterocycles. The molecule has 8 nitrogen and oxygen atoms in total. The Labute approximate surface area is 167 Å². The number of fused-ring (bicyclic) bond motifs is 2. The van der Waals surface area contributed by atoms with Crippen LogP contribution in [0.5, 0.6) is 0 Å². The average Bonchev–Trinajstić information content (AvgIpc) is 3.13. The minimum atomic E-state index is -3.68. The zero-order valence-electron chi connectivity index (χ0n) is 15.4. The van der Waals surface area contributed by atoms with E-state index in [1.165, 1.54) is 16.1 Å². The van der Waals surface area contributed by atoms with E-state index in [1.807, 2.05) is 36.4 Å². The van der Waals surface area contributed by atoms with Gasteiger partial charge in [0.15, 0.2) is 5.65 Å². The van der Waals surface area contributed by atoms with Gasteiger partial charge < -0.3 is 5.73 Å². The SMILES string of the molecule is Nc1nc2cccc(-c3cncc(S(=O)(=O)N4CCc5ccccc5C4)c3)n2n1. The summed E-state index contributed by atoms with van der Waals surface area (Å²) in [5.41, 5.74) is 9.82. The molecule has 0 unspecified atom stereocenters. The van der Waals surface area contributed by atoms with E-state index in [4.69, 9.17) is 5.73 Å². The summed E-state index contributed by atoms with van der Waals surface area (Å²) < 4.78 is 29.6. The maximum Gasteiger partial charge on any atom is 0.244 e. The Morgan fingerprint density at radius 3 is 2.69 bits per heavy atom. The van der Waals surface area contributed by atoms with Crippen molar-refractivity contribution in [2.24, 2.45) is 0 Å². The molecule has 29 heavy (non-hydrogen) atoms. The lowest BCUT2D eigenvalue weighted by Gasteiger charge is -2.28. The number of nitrogens with zero attached hydrogens (tertiary/aromatic N) is 5. The van der Waals surface area contributed by atoms with Gasteiger partial charge in [0.25, 0.3) is 0 Å². The number of nitrogens with two attached hydrogens (primary N) is 1. The molecule has 0 bridgehead atoms. The lowest BCUT2D eigenvalue weighted by molar-refractivity contribution is 0.391. The highest BCUT2D eigenvalue weighted by Gasteiger charge is 2.28. The third kappa shape index (κ3) is 3.04. The Hall–Kier alpha value is -3.30. The molecule has 0 radical (unpaired) electrons. The van der Waals surface area contributed by atoms with Crippen LogP contribution in [0, 0.1) is 0 Å². The van der Waals surface area contributed by atoms with Crippen LogP contribution in [-0.4, -0.2) is 38.8 Å². The maximum atomic E-state index is 13.3. The van der Waals surface area contributed by atoms with Gasteiger partial charge in [0.2, 0.25) is 16.0 Å². The van der Waals surface area contributed by atoms with E-state index in [-0.39, 0.29) is 10.8 Å². The molecule has 4 heterocycles. The summed E-state index contributed by atoms with van der Waals surface area (Å²) in [6.45, 7) is 0.802. The van der Waals surface area contributed by atoms with Gasteiger partial charge in [-0.3, -0.25) is 4.98 Å². The molecule has 2 N–H and O–H groups in total. The summed E-state index contributed by atoms with van der Waals surface area (Å²) in [6.07, 6.45) is 3.69. The minimum Gasteiger partial charge on any atom is -0.366 e. The van der Waals surface area contributed by atoms with Gasteiger partial charge in [0.05, 0.1) is 5.69 Å². The van der Waals surface area contributed by atoms with Crippen LogP contribution in [-0.2, 0) is 23.0 Å². The van der Waals surface area contributed by atoms with Crippen LogP contribution >= 0.6 is 0 Å². The smallest absolute Gasteiger partial charge is 0.244 e. The van der Waals surface area contributed by atoms with Crippen molar-refractivity contribution < 1.29 is 8.42 Å². The fourth-order valence-electron chi connectivity index (χ4n) is 3.66. The Morgan fingerprint density at radius 2 is 1.83 bits per heavy atom. The van der Waals surface area contributed by atoms with Crippen molar-refractivity contribution in [3.63, 3.8) is 0 Å². The van der Waals surface area contributed by atoms with Crippen molar-refractivity contribution in [1.29, 1.82) is 0 Å². The van der Waals surface area contributed by atoms with Gasteiger partial charge >= 0.3 is 0 Å². The molecule has 0 saturated carbocycles. The second kappa shape index (κ2) is 6.64. The summed E-state index contributed by atoms with van der Waals surface area (Å²) in [4.78, 5) is 8.48. The topological polar surface area (TPSA) is 106 Å². The third-order valence-corrected chi connectivity index (χ3v) is 6.93. The van der Waals surface area contributed by atoms with Crippen molar-refractivity contribution in [2.45, 2.75) is 17.9 Å². The molecule has 0 fully saturated rings. The van der Waals surface area contributed by atoms with E-state index < -0.39 is 10.0 Å². The molecule has 0 atom stereocenters. The van der Waals surface area contributed by atoms with Crippen molar-refractivity contribution in [2.75, 3.05) is 12.3 Å². The number of sulfonamides is 1. The van der Waals surface area contributed by atoms with Crippen molar-refractivity contribution in [1.82, 2.24) is 23.9 Å². The first-order valence-electron chi connectivity index (χ1n) is 9.16. The lowest BCUT2D eigenvalue weighted by atomic mass is 10.0. The predicted molar refractivity (Wildman–Crippen MR) is 108 cm³/mol. The summed E-state index contributed by atoms with van der Waals surface area (Å²) in [6, 6.07) is 15.0. The normalized spacial score (nSPS) is 14.8. The van der Waals surface area contributed by atoms with Crippen LogP contribution in [0.1, 0.15) is 11.1 Å². The van der Waals surface area contributed by atoms with Gasteiger partial charge in [0.1, 0.15) is 4.90 Å². The Balaban J connectivity index is 1.54. The lowest BCUT2D eigenvalue weighted by Crippen LogP contribution is -2.36. The van der Waals surface area contributed by atoms with E-state index in [9.17, 15) is 8.42 Å². The van der Waals surface area contributed by atoms with Gasteiger partial charge in [-0.05, 0) is 35.7 Å². The van der Waals surface area contributed by atoms with Gasteiger partial charge in [-0.2, -0.15) is 9.29 Å². The molecule has 146 valence electrons. The van der Waals surface area contributed by atoms with Crippen LogP contribution in [0.15, 0.2) is 65.8 Å². The maximum absolute atomic E-state index is 13.3. The van der Waals surface area contributed by atoms with Crippen molar-refractivity contribution in [3.8, 4) is 11.3 Å². The monoisotopic (exact) mass is 406 g/mol. The van der Waals surface area contributed by atoms with Crippen molar-refractivity contribution in [3.05, 3.63) is 72.1 Å². The second-order valence-electron chi connectivity index (χ2n) is 6.92. The Morgan fingerprint density at radius 1 is 1.00 bits per heavy atom. The molecule has 1 aliphatic rings. The predicted octanol–water partition coefficient (Wildman–Crippen LogP) is 2.12. The molecule has 0 aliphatic carbocycles. The van der Waals surface area contributed by atoms with Crippen LogP contribution in [0.3, 0.4) is 0 Å². The van der Waals surface area contributed by atoms with E-state index >= 15 is 0 Å². The number of aromatic nitrogens is 4. The molecular formula is C20H18N6O2S. The third-order valence-electron chi connectivity index (χ3n) is 5.12. The van der Waals surface area contributed by atoms with E-state index in [0.29, 0.717) is 36.4 Å². The minimum absolute atomic E-state index is 0.152. The fraction of sp³-hybridized carbons (Fsp3) is 0.150. The summed E-state index contributed by atoms with van der Waals surface area (Å²) in [5.74, 6) is 0.154. The van der Waals surface area contributed by atoms with E-state index in [1.54, 1.807) is 22.8 Å². The van der Waals surface area contributed by atoms with Crippen LogP contribution in [0.25, 0.3) is 16.9 Å².